The third-order valence-electron chi connectivity index (χ3n) is 8.44. The molecule has 0 saturated carbocycles. The van der Waals surface area contributed by atoms with Gasteiger partial charge in [-0.15, -0.1) is 11.8 Å². The zero-order chi connectivity index (χ0) is 35.6. The van der Waals surface area contributed by atoms with Gasteiger partial charge in [0, 0.05) is 45.2 Å². The van der Waals surface area contributed by atoms with Crippen molar-refractivity contribution in [3.05, 3.63) is 64.6 Å². The highest BCUT2D eigenvalue weighted by Crippen LogP contribution is 2.53. The molecule has 2 unspecified atom stereocenters. The van der Waals surface area contributed by atoms with Crippen molar-refractivity contribution in [3.63, 3.8) is 0 Å². The maximum Gasteiger partial charge on any atom is 0.417 e. The number of ether oxygens (including phenoxy) is 1. The molecule has 6 rings (SSSR count). The van der Waals surface area contributed by atoms with Crippen LogP contribution >= 0.6 is 11.8 Å². The molecule has 2 atom stereocenters. The predicted octanol–water partition coefficient (Wildman–Crippen LogP) is -0.777. The zero-order valence-electron chi connectivity index (χ0n) is 24.1. The molecule has 250 valence electrons. The molecule has 1 amide bonds. The number of hydrogen-bond donors (Lipinski definition) is 6. The molecule has 3 aliphatic heterocycles. The van der Waals surface area contributed by atoms with Gasteiger partial charge < -0.3 is 35.4 Å². The van der Waals surface area contributed by atoms with Crippen molar-refractivity contribution in [3.8, 4) is 11.1 Å². The number of anilines is 1. The lowest BCUT2D eigenvalue weighted by Gasteiger charge is -2.64. The van der Waals surface area contributed by atoms with Gasteiger partial charge in [-0.3, -0.25) is 19.2 Å². The number of benzene rings is 2. The molecule has 0 aliphatic carbocycles. The lowest BCUT2D eigenvalue weighted by atomic mass is 9.65. The molecule has 21 heteroatoms. The fraction of sp³-hybridized carbons (Fsp3) is 0.370. The summed E-state index contributed by atoms with van der Waals surface area (Å²) in [6, 6.07) is 2.06. The predicted molar refractivity (Wildman–Crippen MR) is 156 cm³/mol. The summed E-state index contributed by atoms with van der Waals surface area (Å²) in [4.78, 5) is 28.2. The number of carbonyl (C=O) groups is 1. The summed E-state index contributed by atoms with van der Waals surface area (Å²) >= 11 is 0.718. The smallest absolute Gasteiger partial charge is 0.380 e. The van der Waals surface area contributed by atoms with Crippen molar-refractivity contribution in [2.75, 3.05) is 23.9 Å². The molecule has 4 heterocycles. The minimum atomic E-state index is -5.36. The van der Waals surface area contributed by atoms with E-state index in [2.05, 4.69) is 11.6 Å². The van der Waals surface area contributed by atoms with Crippen molar-refractivity contribution >= 4 is 50.1 Å². The van der Waals surface area contributed by atoms with E-state index in [-0.39, 0.29) is 31.6 Å². The molecule has 4 radical (unpaired) electrons. The number of rotatable bonds is 3. The third kappa shape index (κ3) is 4.56. The summed E-state index contributed by atoms with van der Waals surface area (Å²) in [7, 11) is 11.5. The van der Waals surface area contributed by atoms with Crippen molar-refractivity contribution in [2.45, 2.75) is 40.7 Å². The average Bonchev–Trinajstić information content (AvgIpc) is 3.13. The van der Waals surface area contributed by atoms with Gasteiger partial charge in [0.15, 0.2) is 0 Å². The van der Waals surface area contributed by atoms with E-state index < -0.39 is 106 Å². The van der Waals surface area contributed by atoms with Gasteiger partial charge in [-0.05, 0) is 24.3 Å². The van der Waals surface area contributed by atoms with Crippen LogP contribution in [-0.4, -0.2) is 109 Å². The van der Waals surface area contributed by atoms with E-state index in [1.165, 1.54) is 0 Å². The number of piperazine rings is 1. The minimum Gasteiger partial charge on any atom is -0.380 e. The molecule has 3 aromatic rings. The Bertz CT molecular complexity index is 1940. The van der Waals surface area contributed by atoms with Crippen LogP contribution in [0.25, 0.3) is 22.0 Å². The van der Waals surface area contributed by atoms with Crippen molar-refractivity contribution in [2.24, 2.45) is 5.41 Å². The number of carbonyl (C=O) groups excluding carboxylic acids is 1. The summed E-state index contributed by atoms with van der Waals surface area (Å²) in [5.74, 6) is -14.7. The van der Waals surface area contributed by atoms with Crippen LogP contribution < -0.4 is 10.6 Å². The summed E-state index contributed by atoms with van der Waals surface area (Å²) in [6.45, 7) is 2.85. The Morgan fingerprint density at radius 2 is 1.69 bits per heavy atom. The van der Waals surface area contributed by atoms with E-state index in [4.69, 9.17) is 20.4 Å². The summed E-state index contributed by atoms with van der Waals surface area (Å²) in [6.07, 6.45) is -5.07. The number of aromatic nitrogens is 2. The molecule has 2 fully saturated rings. The van der Waals surface area contributed by atoms with Gasteiger partial charge in [0.2, 0.25) is 0 Å². The number of alkyl halides is 3. The molecular formula is C27H21B2F5N4O9S. The fourth-order valence-electron chi connectivity index (χ4n) is 6.03. The second kappa shape index (κ2) is 10.5. The largest absolute Gasteiger partial charge is 0.417 e. The minimum absolute atomic E-state index is 0.0122. The first-order valence-electron chi connectivity index (χ1n) is 13.6. The highest BCUT2D eigenvalue weighted by atomic mass is 32.2. The quantitative estimate of drug-likeness (QED) is 0.0871. The lowest BCUT2D eigenvalue weighted by Crippen LogP contribution is -2.91. The van der Waals surface area contributed by atoms with Crippen LogP contribution in [0.15, 0.2) is 46.6 Å². The standard InChI is InChI=1S/C27H21B2F5N4O9S/c1-2-16(39)37-24(28,41)25(29,42)38(27(45,46)26(37,43)44)20-13-6-14(23(32,33)34)17(12-4-3-11(30)5-15(12)31)19-18(13)36(21(40)35-20)7-22(10-48-19)8-47-9-22/h2-6,41-46H,1,7-10H2. The second-order valence-corrected chi connectivity index (χ2v) is 12.7. The van der Waals surface area contributed by atoms with Crippen LogP contribution in [0, 0.1) is 17.0 Å². The van der Waals surface area contributed by atoms with Crippen LogP contribution in [0.1, 0.15) is 5.56 Å². The van der Waals surface area contributed by atoms with Gasteiger partial charge in [-0.2, -0.15) is 18.2 Å². The topological polar surface area (TPSA) is 189 Å². The molecule has 13 nitrogen and oxygen atoms in total. The van der Waals surface area contributed by atoms with E-state index >= 15 is 4.39 Å². The lowest BCUT2D eigenvalue weighted by molar-refractivity contribution is -0.454. The molecule has 0 bridgehead atoms. The van der Waals surface area contributed by atoms with Crippen LogP contribution in [0.5, 0.6) is 0 Å². The normalized spacial score (nSPS) is 25.9. The number of amides is 1. The Morgan fingerprint density at radius 1 is 1.04 bits per heavy atom. The molecule has 2 saturated heterocycles. The van der Waals surface area contributed by atoms with Gasteiger partial charge in [0.05, 0.1) is 24.3 Å². The van der Waals surface area contributed by atoms with Crippen LogP contribution in [0.2, 0.25) is 0 Å². The molecular weight excluding hydrogens is 673 g/mol. The number of thioether (sulfide) groups is 1. The molecule has 6 N–H and O–H groups in total. The number of hydrogen-bond acceptors (Lipinski definition) is 12. The highest BCUT2D eigenvalue weighted by Gasteiger charge is 2.74. The van der Waals surface area contributed by atoms with Gasteiger partial charge in [-0.25, -0.2) is 13.6 Å². The maximum atomic E-state index is 15.2. The number of aliphatic hydroxyl groups is 6. The highest BCUT2D eigenvalue weighted by molar-refractivity contribution is 7.99. The van der Waals surface area contributed by atoms with Crippen LogP contribution in [-0.2, 0) is 22.3 Å². The van der Waals surface area contributed by atoms with Gasteiger partial charge in [0.25, 0.3) is 5.91 Å². The SMILES string of the molecule is [B]C1(O)N(C(=O)C=C)C(O)(O)C(O)(O)N(c2nc(=O)n3c4c(c(-c5ccc(F)cc5F)c(C(F)(F)F)cc24)SCC2(COC2)C3)C1([B])O. The van der Waals surface area contributed by atoms with Gasteiger partial charge >= 0.3 is 23.7 Å². The second-order valence-electron chi connectivity index (χ2n) is 11.7. The summed E-state index contributed by atoms with van der Waals surface area (Å²) < 4.78 is 80.1. The Balaban J connectivity index is 1.78. The molecule has 48 heavy (non-hydrogen) atoms. The average molecular weight is 694 g/mol. The van der Waals surface area contributed by atoms with E-state index in [1.807, 2.05) is 0 Å². The third-order valence-corrected chi connectivity index (χ3v) is 9.88. The first kappa shape index (κ1) is 34.3. The van der Waals surface area contributed by atoms with Crippen LogP contribution in [0.4, 0.5) is 27.8 Å². The molecule has 1 spiro atoms. The van der Waals surface area contributed by atoms with Crippen molar-refractivity contribution < 1.29 is 62.1 Å². The summed E-state index contributed by atoms with van der Waals surface area (Å²) in [5, 5.41) is 65.5. The van der Waals surface area contributed by atoms with Crippen molar-refractivity contribution in [1.29, 1.82) is 0 Å². The summed E-state index contributed by atoms with van der Waals surface area (Å²) in [5.41, 5.74) is -13.9. The first-order chi connectivity index (χ1) is 22.0. The Hall–Kier alpha value is -3.56. The molecule has 1 aromatic heterocycles. The number of nitrogens with zero attached hydrogens (tertiary/aromatic N) is 4. The Labute approximate surface area is 272 Å². The monoisotopic (exact) mass is 694 g/mol. The van der Waals surface area contributed by atoms with E-state index in [1.54, 1.807) is 0 Å². The fourth-order valence-corrected chi connectivity index (χ4v) is 7.46. The first-order valence-corrected chi connectivity index (χ1v) is 14.6. The van der Waals surface area contributed by atoms with E-state index in [0.29, 0.717) is 18.2 Å². The Morgan fingerprint density at radius 3 is 2.23 bits per heavy atom. The van der Waals surface area contributed by atoms with E-state index in [9.17, 15) is 57.8 Å². The van der Waals surface area contributed by atoms with Gasteiger partial charge in [-0.1, -0.05) is 6.58 Å². The van der Waals surface area contributed by atoms with Gasteiger partial charge in [0.1, 0.15) is 44.4 Å². The molecule has 2 aromatic carbocycles. The maximum absolute atomic E-state index is 15.2. The van der Waals surface area contributed by atoms with Crippen molar-refractivity contribution in [1.82, 2.24) is 14.5 Å². The Kier molecular flexibility index (Phi) is 7.48. The molecule has 3 aliphatic rings. The number of halogens is 5. The zero-order valence-corrected chi connectivity index (χ0v) is 24.9. The van der Waals surface area contributed by atoms with Crippen LogP contribution in [0.3, 0.4) is 0 Å². The van der Waals surface area contributed by atoms with E-state index in [0.717, 1.165) is 22.4 Å².